The van der Waals surface area contributed by atoms with Crippen LogP contribution in [0.1, 0.15) is 17.5 Å². The molecule has 1 heterocycles. The third-order valence-electron chi connectivity index (χ3n) is 4.91. The van der Waals surface area contributed by atoms with Gasteiger partial charge in [-0.05, 0) is 12.0 Å². The molecule has 1 saturated heterocycles. The van der Waals surface area contributed by atoms with Gasteiger partial charge in [0.05, 0.1) is 26.9 Å². The monoisotopic (exact) mass is 356 g/mol. The Morgan fingerprint density at radius 2 is 1.69 bits per heavy atom. The number of methoxy groups -OCH3 is 3. The highest BCUT2D eigenvalue weighted by Gasteiger charge is 2.23. The van der Waals surface area contributed by atoms with Crippen molar-refractivity contribution in [3.8, 4) is 17.2 Å². The van der Waals surface area contributed by atoms with E-state index in [4.69, 9.17) is 14.2 Å². The van der Waals surface area contributed by atoms with Crippen molar-refractivity contribution < 1.29 is 14.2 Å². The molecule has 140 valence electrons. The van der Waals surface area contributed by atoms with Crippen LogP contribution in [-0.2, 0) is 13.1 Å². The van der Waals surface area contributed by atoms with Gasteiger partial charge >= 0.3 is 0 Å². The topological polar surface area (TPSA) is 43.0 Å². The summed E-state index contributed by atoms with van der Waals surface area (Å²) < 4.78 is 16.4. The van der Waals surface area contributed by atoms with Crippen LogP contribution >= 0.6 is 0 Å². The van der Waals surface area contributed by atoms with E-state index in [1.54, 1.807) is 21.3 Å². The molecule has 5 nitrogen and oxygen atoms in total. The van der Waals surface area contributed by atoms with Gasteiger partial charge in [0.2, 0.25) is 0 Å². The van der Waals surface area contributed by atoms with Gasteiger partial charge < -0.3 is 19.5 Å². The highest BCUT2D eigenvalue weighted by Crippen LogP contribution is 2.34. The third kappa shape index (κ3) is 4.48. The molecule has 0 aliphatic carbocycles. The fraction of sp³-hybridized carbons (Fsp3) is 0.429. The zero-order valence-corrected chi connectivity index (χ0v) is 15.8. The molecule has 1 aliphatic heterocycles. The quantitative estimate of drug-likeness (QED) is 0.787. The van der Waals surface area contributed by atoms with Crippen LogP contribution in [0.2, 0.25) is 0 Å². The molecular formula is C21H28N2O3. The first-order valence-corrected chi connectivity index (χ1v) is 9.02. The average Bonchev–Trinajstić information content (AvgIpc) is 3.13. The molecular weight excluding hydrogens is 328 g/mol. The van der Waals surface area contributed by atoms with E-state index in [-0.39, 0.29) is 0 Å². The molecule has 1 fully saturated rings. The van der Waals surface area contributed by atoms with Crippen molar-refractivity contribution in [2.75, 3.05) is 34.4 Å². The van der Waals surface area contributed by atoms with Crippen molar-refractivity contribution in [2.45, 2.75) is 25.6 Å². The molecule has 1 unspecified atom stereocenters. The minimum atomic E-state index is 0.468. The van der Waals surface area contributed by atoms with Crippen LogP contribution in [0, 0.1) is 0 Å². The molecule has 3 rings (SSSR count). The highest BCUT2D eigenvalue weighted by molar-refractivity contribution is 5.50. The Bertz CT molecular complexity index is 681. The van der Waals surface area contributed by atoms with E-state index in [2.05, 4.69) is 40.5 Å². The van der Waals surface area contributed by atoms with E-state index in [9.17, 15) is 0 Å². The Hall–Kier alpha value is -2.24. The number of rotatable bonds is 8. The average molecular weight is 356 g/mol. The minimum Gasteiger partial charge on any atom is -0.496 e. The van der Waals surface area contributed by atoms with Crippen molar-refractivity contribution in [3.05, 3.63) is 53.6 Å². The lowest BCUT2D eigenvalue weighted by atomic mass is 10.1. The van der Waals surface area contributed by atoms with Gasteiger partial charge in [0.25, 0.3) is 0 Å². The van der Waals surface area contributed by atoms with E-state index in [1.807, 2.05) is 12.1 Å². The zero-order valence-electron chi connectivity index (χ0n) is 15.8. The van der Waals surface area contributed by atoms with E-state index < -0.39 is 0 Å². The molecule has 0 amide bonds. The molecule has 0 aromatic heterocycles. The molecule has 26 heavy (non-hydrogen) atoms. The van der Waals surface area contributed by atoms with Crippen LogP contribution < -0.4 is 19.5 Å². The van der Waals surface area contributed by atoms with E-state index in [1.165, 1.54) is 5.56 Å². The van der Waals surface area contributed by atoms with Crippen molar-refractivity contribution in [2.24, 2.45) is 0 Å². The molecule has 2 aromatic rings. The largest absolute Gasteiger partial charge is 0.496 e. The maximum Gasteiger partial charge on any atom is 0.130 e. The summed E-state index contributed by atoms with van der Waals surface area (Å²) in [6.45, 7) is 3.88. The third-order valence-corrected chi connectivity index (χ3v) is 4.91. The second-order valence-corrected chi connectivity index (χ2v) is 6.60. The highest BCUT2D eigenvalue weighted by atomic mass is 16.5. The lowest BCUT2D eigenvalue weighted by molar-refractivity contribution is 0.318. The van der Waals surface area contributed by atoms with Crippen molar-refractivity contribution in [3.63, 3.8) is 0 Å². The van der Waals surface area contributed by atoms with Crippen molar-refractivity contribution >= 4 is 0 Å². The summed E-state index contributed by atoms with van der Waals surface area (Å²) in [6, 6.07) is 14.9. The van der Waals surface area contributed by atoms with Gasteiger partial charge in [-0.3, -0.25) is 4.90 Å². The fourth-order valence-corrected chi connectivity index (χ4v) is 3.48. The molecule has 2 aromatic carbocycles. The van der Waals surface area contributed by atoms with Crippen LogP contribution in [0.15, 0.2) is 42.5 Å². The molecule has 0 spiro atoms. The Kier molecular flexibility index (Phi) is 6.36. The Labute approximate surface area is 155 Å². The second-order valence-electron chi connectivity index (χ2n) is 6.60. The molecule has 0 bridgehead atoms. The van der Waals surface area contributed by atoms with Gasteiger partial charge in [0.1, 0.15) is 17.2 Å². The van der Waals surface area contributed by atoms with E-state index in [0.29, 0.717) is 12.6 Å². The molecule has 1 atom stereocenters. The summed E-state index contributed by atoms with van der Waals surface area (Å²) in [5, 5.41) is 3.66. The van der Waals surface area contributed by atoms with Gasteiger partial charge in [-0.25, -0.2) is 0 Å². The number of likely N-dealkylation sites (tertiary alicyclic amines) is 1. The van der Waals surface area contributed by atoms with Crippen molar-refractivity contribution in [1.82, 2.24) is 10.2 Å². The van der Waals surface area contributed by atoms with Gasteiger partial charge in [-0.2, -0.15) is 0 Å². The van der Waals surface area contributed by atoms with Crippen LogP contribution in [0.5, 0.6) is 17.2 Å². The van der Waals surface area contributed by atoms with Crippen LogP contribution in [0.4, 0.5) is 0 Å². The van der Waals surface area contributed by atoms with Gasteiger partial charge in [-0.15, -0.1) is 0 Å². The predicted octanol–water partition coefficient (Wildman–Crippen LogP) is 3.08. The number of hydrogen-bond donors (Lipinski definition) is 1. The lowest BCUT2D eigenvalue weighted by Crippen LogP contribution is -2.32. The van der Waals surface area contributed by atoms with Crippen molar-refractivity contribution in [1.29, 1.82) is 0 Å². The maximum atomic E-state index is 5.54. The lowest BCUT2D eigenvalue weighted by Gasteiger charge is -2.19. The number of nitrogens with zero attached hydrogens (tertiary/aromatic N) is 1. The summed E-state index contributed by atoms with van der Waals surface area (Å²) in [7, 11) is 5.00. The SMILES string of the molecule is COc1cc(OC)c(CNC2CCN(Cc3ccccc3)C2)c(OC)c1. The van der Waals surface area contributed by atoms with E-state index in [0.717, 1.165) is 48.9 Å². The Balaban J connectivity index is 1.59. The second kappa shape index (κ2) is 8.92. The first-order valence-electron chi connectivity index (χ1n) is 9.02. The summed E-state index contributed by atoms with van der Waals surface area (Å²) in [5.41, 5.74) is 2.39. The molecule has 0 saturated carbocycles. The first-order chi connectivity index (χ1) is 12.7. The first kappa shape index (κ1) is 18.5. The summed E-state index contributed by atoms with van der Waals surface area (Å²) in [4.78, 5) is 2.50. The number of nitrogens with one attached hydrogen (secondary N) is 1. The summed E-state index contributed by atoms with van der Waals surface area (Å²) in [6.07, 6.45) is 1.15. The zero-order chi connectivity index (χ0) is 18.4. The maximum absolute atomic E-state index is 5.54. The molecule has 1 N–H and O–H groups in total. The molecule has 0 radical (unpaired) electrons. The molecule has 5 heteroatoms. The number of ether oxygens (including phenoxy) is 3. The predicted molar refractivity (Wildman–Crippen MR) is 103 cm³/mol. The van der Waals surface area contributed by atoms with Crippen LogP contribution in [-0.4, -0.2) is 45.4 Å². The van der Waals surface area contributed by atoms with Crippen LogP contribution in [0.25, 0.3) is 0 Å². The number of hydrogen-bond acceptors (Lipinski definition) is 5. The smallest absolute Gasteiger partial charge is 0.130 e. The van der Waals surface area contributed by atoms with Gasteiger partial charge in [-0.1, -0.05) is 30.3 Å². The summed E-state index contributed by atoms with van der Waals surface area (Å²) in [5.74, 6) is 2.30. The summed E-state index contributed by atoms with van der Waals surface area (Å²) >= 11 is 0. The van der Waals surface area contributed by atoms with Crippen LogP contribution in [0.3, 0.4) is 0 Å². The minimum absolute atomic E-state index is 0.468. The standard InChI is InChI=1S/C21H28N2O3/c1-24-18-11-20(25-2)19(21(12-18)26-3)13-22-17-9-10-23(15-17)14-16-7-5-4-6-8-16/h4-8,11-12,17,22H,9-10,13-15H2,1-3H3. The Morgan fingerprint density at radius 1 is 1.00 bits per heavy atom. The van der Waals surface area contributed by atoms with Gasteiger partial charge in [0.15, 0.2) is 0 Å². The van der Waals surface area contributed by atoms with Gasteiger partial charge in [0, 0.05) is 44.4 Å². The normalized spacial score (nSPS) is 17.3. The molecule has 1 aliphatic rings. The number of benzene rings is 2. The Morgan fingerprint density at radius 3 is 2.31 bits per heavy atom. The van der Waals surface area contributed by atoms with E-state index >= 15 is 0 Å². The fourth-order valence-electron chi connectivity index (χ4n) is 3.48.